The predicted molar refractivity (Wildman–Crippen MR) is 92.2 cm³/mol. The number of hydrogen-bond donors (Lipinski definition) is 0. The maximum atomic E-state index is 11.7. The largest absolute Gasteiger partial charge is 0.495 e. The van der Waals surface area contributed by atoms with Crippen molar-refractivity contribution in [3.63, 3.8) is 0 Å². The monoisotopic (exact) mass is 357 g/mol. The topological polar surface area (TPSA) is 29.5 Å². The van der Waals surface area contributed by atoms with Gasteiger partial charge in [0.25, 0.3) is 0 Å². The van der Waals surface area contributed by atoms with Crippen LogP contribution in [0.1, 0.15) is 18.1 Å². The zero-order chi connectivity index (χ0) is 16.1. The highest BCUT2D eigenvalue weighted by molar-refractivity contribution is 9.10. The molecule has 2 aromatic rings. The van der Waals surface area contributed by atoms with E-state index in [-0.39, 0.29) is 5.91 Å². The van der Waals surface area contributed by atoms with Gasteiger partial charge in [-0.3, -0.25) is 4.79 Å². The summed E-state index contributed by atoms with van der Waals surface area (Å²) in [5, 5.41) is 0. The van der Waals surface area contributed by atoms with Crippen LogP contribution in [-0.4, -0.2) is 20.1 Å². The molecule has 0 fully saturated rings. The van der Waals surface area contributed by atoms with Gasteiger partial charge < -0.3 is 9.64 Å². The predicted octanol–water partition coefficient (Wildman–Crippen LogP) is 3.84. The van der Waals surface area contributed by atoms with Crippen LogP contribution in [0.3, 0.4) is 0 Å². The lowest BCUT2D eigenvalue weighted by atomic mass is 10.1. The van der Waals surface area contributed by atoms with Crippen LogP contribution in [0.4, 0.5) is 5.69 Å². The minimum Gasteiger partial charge on any atom is -0.495 e. The van der Waals surface area contributed by atoms with Gasteiger partial charge >= 0.3 is 0 Å². The Morgan fingerprint density at radius 2 is 1.86 bits per heavy atom. The lowest BCUT2D eigenvalue weighted by Gasteiger charge is -2.18. The fourth-order valence-electron chi connectivity index (χ4n) is 1.91. The highest BCUT2D eigenvalue weighted by atomic mass is 79.9. The third-order valence-corrected chi connectivity index (χ3v) is 3.84. The number of halogens is 1. The molecular weight excluding hydrogens is 342 g/mol. The fraction of sp³-hybridized carbons (Fsp3) is 0.167. The number of anilines is 1. The third kappa shape index (κ3) is 3.69. The summed E-state index contributed by atoms with van der Waals surface area (Å²) >= 11 is 3.46. The van der Waals surface area contributed by atoms with Crippen molar-refractivity contribution in [3.05, 3.63) is 58.1 Å². The third-order valence-electron chi connectivity index (χ3n) is 3.22. The molecule has 0 aliphatic rings. The summed E-state index contributed by atoms with van der Waals surface area (Å²) in [6.45, 7) is 1.52. The van der Waals surface area contributed by atoms with E-state index in [0.29, 0.717) is 5.75 Å². The van der Waals surface area contributed by atoms with Crippen molar-refractivity contribution in [2.45, 2.75) is 6.92 Å². The second-order valence-corrected chi connectivity index (χ2v) is 5.55. The second kappa shape index (κ2) is 7.15. The van der Waals surface area contributed by atoms with E-state index in [4.69, 9.17) is 4.74 Å². The van der Waals surface area contributed by atoms with E-state index in [1.54, 1.807) is 25.1 Å². The van der Waals surface area contributed by atoms with Crippen LogP contribution in [0.25, 0.3) is 0 Å². The first-order valence-corrected chi connectivity index (χ1v) is 7.51. The zero-order valence-corrected chi connectivity index (χ0v) is 14.3. The summed E-state index contributed by atoms with van der Waals surface area (Å²) in [5.41, 5.74) is 2.40. The van der Waals surface area contributed by atoms with E-state index in [9.17, 15) is 4.79 Å². The van der Waals surface area contributed by atoms with Crippen molar-refractivity contribution in [2.75, 3.05) is 19.1 Å². The molecule has 0 saturated heterocycles. The van der Waals surface area contributed by atoms with Crippen molar-refractivity contribution >= 4 is 27.5 Å². The molecule has 22 heavy (non-hydrogen) atoms. The standard InChI is InChI=1S/C18H16BrNO2/c1-13(21)20(2)17-12-18(22-3)16(19)11-15(17)10-9-14-7-5-4-6-8-14/h4-8,11-12H,1-3H3. The Balaban J connectivity index is 2.52. The zero-order valence-electron chi connectivity index (χ0n) is 12.7. The average molecular weight is 358 g/mol. The molecule has 2 rings (SSSR count). The lowest BCUT2D eigenvalue weighted by Crippen LogP contribution is -2.23. The molecule has 0 saturated carbocycles. The Labute approximate surface area is 139 Å². The Morgan fingerprint density at radius 1 is 1.18 bits per heavy atom. The van der Waals surface area contributed by atoms with Gasteiger partial charge in [-0.2, -0.15) is 0 Å². The molecule has 2 aromatic carbocycles. The Bertz CT molecular complexity index is 745. The maximum absolute atomic E-state index is 11.7. The first-order chi connectivity index (χ1) is 10.5. The number of methoxy groups -OCH3 is 1. The van der Waals surface area contributed by atoms with E-state index in [1.807, 2.05) is 36.4 Å². The summed E-state index contributed by atoms with van der Waals surface area (Å²) in [6, 6.07) is 13.4. The number of ether oxygens (including phenoxy) is 1. The lowest BCUT2D eigenvalue weighted by molar-refractivity contribution is -0.116. The smallest absolute Gasteiger partial charge is 0.223 e. The Morgan fingerprint density at radius 3 is 2.45 bits per heavy atom. The number of benzene rings is 2. The molecule has 0 unspecified atom stereocenters. The normalized spacial score (nSPS) is 9.64. The summed E-state index contributed by atoms with van der Waals surface area (Å²) in [4.78, 5) is 13.2. The quantitative estimate of drug-likeness (QED) is 0.764. The summed E-state index contributed by atoms with van der Waals surface area (Å²) in [5.74, 6) is 6.84. The van der Waals surface area contributed by atoms with Crippen LogP contribution in [0.5, 0.6) is 5.75 Å². The number of rotatable bonds is 2. The summed E-state index contributed by atoms with van der Waals surface area (Å²) < 4.78 is 6.10. The molecule has 3 nitrogen and oxygen atoms in total. The Hall–Kier alpha value is -2.25. The molecule has 0 aliphatic carbocycles. The summed E-state index contributed by atoms with van der Waals surface area (Å²) in [6.07, 6.45) is 0. The second-order valence-electron chi connectivity index (χ2n) is 4.70. The minimum absolute atomic E-state index is 0.0628. The number of carbonyl (C=O) groups is 1. The number of carbonyl (C=O) groups excluding carboxylic acids is 1. The van der Waals surface area contributed by atoms with Crippen LogP contribution < -0.4 is 9.64 Å². The first-order valence-electron chi connectivity index (χ1n) is 6.72. The van der Waals surface area contributed by atoms with Gasteiger partial charge in [0.1, 0.15) is 5.75 Å². The van der Waals surface area contributed by atoms with Gasteiger partial charge in [-0.1, -0.05) is 30.0 Å². The molecular formula is C18H16BrNO2. The van der Waals surface area contributed by atoms with Crippen LogP contribution in [0, 0.1) is 11.8 Å². The highest BCUT2D eigenvalue weighted by Gasteiger charge is 2.14. The first kappa shape index (κ1) is 16.1. The van der Waals surface area contributed by atoms with E-state index >= 15 is 0 Å². The van der Waals surface area contributed by atoms with Gasteiger partial charge in [0.2, 0.25) is 5.91 Å². The van der Waals surface area contributed by atoms with Crippen LogP contribution in [0.15, 0.2) is 46.9 Å². The molecule has 0 N–H and O–H groups in total. The number of nitrogens with zero attached hydrogens (tertiary/aromatic N) is 1. The molecule has 4 heteroatoms. The molecule has 0 aromatic heterocycles. The van der Waals surface area contributed by atoms with E-state index in [2.05, 4.69) is 27.8 Å². The average Bonchev–Trinajstić information content (AvgIpc) is 2.53. The fourth-order valence-corrected chi connectivity index (χ4v) is 2.41. The van der Waals surface area contributed by atoms with Gasteiger partial charge in [0.05, 0.1) is 22.8 Å². The summed E-state index contributed by atoms with van der Waals surface area (Å²) in [7, 11) is 3.31. The molecule has 112 valence electrons. The van der Waals surface area contributed by atoms with Gasteiger partial charge in [-0.15, -0.1) is 0 Å². The maximum Gasteiger partial charge on any atom is 0.223 e. The number of amides is 1. The molecule has 0 aliphatic heterocycles. The van der Waals surface area contributed by atoms with Crippen molar-refractivity contribution in [1.29, 1.82) is 0 Å². The van der Waals surface area contributed by atoms with Crippen molar-refractivity contribution in [2.24, 2.45) is 0 Å². The minimum atomic E-state index is -0.0628. The van der Waals surface area contributed by atoms with Crippen molar-refractivity contribution in [3.8, 4) is 17.6 Å². The Kier molecular flexibility index (Phi) is 5.24. The molecule has 0 atom stereocenters. The number of hydrogen-bond acceptors (Lipinski definition) is 2. The highest BCUT2D eigenvalue weighted by Crippen LogP contribution is 2.32. The van der Waals surface area contributed by atoms with Crippen LogP contribution in [-0.2, 0) is 4.79 Å². The van der Waals surface area contributed by atoms with E-state index < -0.39 is 0 Å². The molecule has 1 amide bonds. The van der Waals surface area contributed by atoms with Crippen molar-refractivity contribution in [1.82, 2.24) is 0 Å². The van der Waals surface area contributed by atoms with Crippen LogP contribution >= 0.6 is 15.9 Å². The van der Waals surface area contributed by atoms with Gasteiger partial charge in [-0.25, -0.2) is 0 Å². The van der Waals surface area contributed by atoms with Gasteiger partial charge in [0, 0.05) is 25.6 Å². The van der Waals surface area contributed by atoms with Crippen LogP contribution in [0.2, 0.25) is 0 Å². The molecule has 0 spiro atoms. The van der Waals surface area contributed by atoms with E-state index in [0.717, 1.165) is 21.3 Å². The van der Waals surface area contributed by atoms with E-state index in [1.165, 1.54) is 6.92 Å². The van der Waals surface area contributed by atoms with Gasteiger partial charge in [0.15, 0.2) is 0 Å². The van der Waals surface area contributed by atoms with Crippen molar-refractivity contribution < 1.29 is 9.53 Å². The molecule has 0 bridgehead atoms. The molecule has 0 heterocycles. The molecule has 0 radical (unpaired) electrons. The van der Waals surface area contributed by atoms with Gasteiger partial charge in [-0.05, 0) is 34.1 Å². The SMILES string of the molecule is COc1cc(N(C)C(C)=O)c(C#Cc2ccccc2)cc1Br.